The first-order valence-corrected chi connectivity index (χ1v) is 6.54. The Morgan fingerprint density at radius 1 is 1.30 bits per heavy atom. The van der Waals surface area contributed by atoms with Crippen LogP contribution in [0.4, 0.5) is 5.69 Å². The molecule has 6 heteroatoms. The summed E-state index contributed by atoms with van der Waals surface area (Å²) in [5.74, 6) is -1.57. The van der Waals surface area contributed by atoms with Crippen LogP contribution in [-0.4, -0.2) is 22.0 Å². The van der Waals surface area contributed by atoms with Crippen molar-refractivity contribution in [3.63, 3.8) is 0 Å². The average Bonchev–Trinajstić information content (AvgIpc) is 2.42. The highest BCUT2D eigenvalue weighted by Crippen LogP contribution is 2.19. The molecular weight excluding hydrogens is 324 g/mol. The number of nitrogens with one attached hydrogen (secondary N) is 1. The number of aryl methyl sites for hydroxylation is 1. The fourth-order valence-corrected chi connectivity index (χ4v) is 1.90. The molecule has 1 amide bonds. The van der Waals surface area contributed by atoms with Gasteiger partial charge in [-0.05, 0) is 42.8 Å². The molecule has 2 aromatic rings. The van der Waals surface area contributed by atoms with Crippen molar-refractivity contribution in [2.75, 3.05) is 5.32 Å². The number of pyridine rings is 1. The predicted molar refractivity (Wildman–Crippen MR) is 78.0 cm³/mol. The molecule has 0 saturated heterocycles. The number of benzene rings is 1. The Morgan fingerprint density at radius 3 is 2.70 bits per heavy atom. The smallest absolute Gasteiger partial charge is 0.356 e. The molecule has 102 valence electrons. The molecule has 0 bridgehead atoms. The van der Waals surface area contributed by atoms with E-state index >= 15 is 0 Å². The monoisotopic (exact) mass is 334 g/mol. The molecule has 5 nitrogen and oxygen atoms in total. The van der Waals surface area contributed by atoms with Crippen LogP contribution in [0.2, 0.25) is 0 Å². The first-order chi connectivity index (χ1) is 9.49. The van der Waals surface area contributed by atoms with Crippen LogP contribution in [-0.2, 0) is 0 Å². The Morgan fingerprint density at radius 2 is 2.05 bits per heavy atom. The third kappa shape index (κ3) is 3.03. The number of halogens is 1. The molecule has 1 aromatic carbocycles. The summed E-state index contributed by atoms with van der Waals surface area (Å²) in [6.07, 6.45) is 1.36. The van der Waals surface area contributed by atoms with Crippen molar-refractivity contribution in [2.45, 2.75) is 6.92 Å². The van der Waals surface area contributed by atoms with Gasteiger partial charge in [-0.25, -0.2) is 9.78 Å². The topological polar surface area (TPSA) is 79.3 Å². The standard InChI is InChI=1S/C14H11BrN2O3/c1-8-7-9(4-5-10(8)15)13(18)17-11-3-2-6-16-12(11)14(19)20/h2-7H,1H3,(H,17,18)(H,19,20). The first-order valence-electron chi connectivity index (χ1n) is 5.75. The molecule has 2 N–H and O–H groups in total. The molecule has 0 saturated carbocycles. The van der Waals surface area contributed by atoms with E-state index in [1.54, 1.807) is 24.3 Å². The number of carbonyl (C=O) groups excluding carboxylic acids is 1. The van der Waals surface area contributed by atoms with Crippen LogP contribution < -0.4 is 5.32 Å². The van der Waals surface area contributed by atoms with Gasteiger partial charge in [-0.3, -0.25) is 4.79 Å². The zero-order valence-electron chi connectivity index (χ0n) is 10.6. The van der Waals surface area contributed by atoms with E-state index in [2.05, 4.69) is 26.2 Å². The number of rotatable bonds is 3. The van der Waals surface area contributed by atoms with Crippen LogP contribution in [0.5, 0.6) is 0 Å². The number of carboxylic acids is 1. The SMILES string of the molecule is Cc1cc(C(=O)Nc2cccnc2C(=O)O)ccc1Br. The average molecular weight is 335 g/mol. The van der Waals surface area contributed by atoms with Gasteiger partial charge < -0.3 is 10.4 Å². The van der Waals surface area contributed by atoms with E-state index in [1.807, 2.05) is 6.92 Å². The van der Waals surface area contributed by atoms with Crippen molar-refractivity contribution < 1.29 is 14.7 Å². The summed E-state index contributed by atoms with van der Waals surface area (Å²) in [4.78, 5) is 26.9. The summed E-state index contributed by atoms with van der Waals surface area (Å²) in [6.45, 7) is 1.87. The van der Waals surface area contributed by atoms with Gasteiger partial charge in [-0.2, -0.15) is 0 Å². The normalized spacial score (nSPS) is 10.1. The molecule has 0 radical (unpaired) electrons. The van der Waals surface area contributed by atoms with Crippen LogP contribution in [0.25, 0.3) is 0 Å². The van der Waals surface area contributed by atoms with Crippen LogP contribution in [0, 0.1) is 6.92 Å². The van der Waals surface area contributed by atoms with E-state index < -0.39 is 5.97 Å². The van der Waals surface area contributed by atoms with Gasteiger partial charge in [-0.1, -0.05) is 15.9 Å². The summed E-state index contributed by atoms with van der Waals surface area (Å²) >= 11 is 3.36. The molecule has 20 heavy (non-hydrogen) atoms. The highest BCUT2D eigenvalue weighted by molar-refractivity contribution is 9.10. The third-order valence-electron chi connectivity index (χ3n) is 2.68. The van der Waals surface area contributed by atoms with Gasteiger partial charge in [-0.15, -0.1) is 0 Å². The Kier molecular flexibility index (Phi) is 4.14. The largest absolute Gasteiger partial charge is 0.476 e. The minimum absolute atomic E-state index is 0.172. The predicted octanol–water partition coefficient (Wildman–Crippen LogP) is 3.10. The van der Waals surface area contributed by atoms with E-state index in [4.69, 9.17) is 5.11 Å². The maximum absolute atomic E-state index is 12.1. The molecular formula is C14H11BrN2O3. The second-order valence-corrected chi connectivity index (χ2v) is 4.98. The van der Waals surface area contributed by atoms with E-state index in [0.717, 1.165) is 10.0 Å². The van der Waals surface area contributed by atoms with E-state index in [-0.39, 0.29) is 17.3 Å². The molecule has 0 unspecified atom stereocenters. The molecule has 0 fully saturated rings. The lowest BCUT2D eigenvalue weighted by Gasteiger charge is -2.08. The molecule has 2 rings (SSSR count). The summed E-state index contributed by atoms with van der Waals surface area (Å²) in [6, 6.07) is 8.21. The van der Waals surface area contributed by atoms with Crippen LogP contribution in [0.1, 0.15) is 26.4 Å². The van der Waals surface area contributed by atoms with E-state index in [9.17, 15) is 9.59 Å². The number of aromatic nitrogens is 1. The van der Waals surface area contributed by atoms with Gasteiger partial charge in [0.15, 0.2) is 5.69 Å². The van der Waals surface area contributed by atoms with Crippen molar-refractivity contribution in [1.82, 2.24) is 4.98 Å². The van der Waals surface area contributed by atoms with Gasteiger partial charge >= 0.3 is 5.97 Å². The first kappa shape index (κ1) is 14.2. The second kappa shape index (κ2) is 5.83. The van der Waals surface area contributed by atoms with Gasteiger partial charge in [0.05, 0.1) is 5.69 Å². The zero-order valence-corrected chi connectivity index (χ0v) is 12.1. The van der Waals surface area contributed by atoms with Crippen molar-refractivity contribution in [3.05, 3.63) is 57.8 Å². The fraction of sp³-hybridized carbons (Fsp3) is 0.0714. The van der Waals surface area contributed by atoms with Gasteiger partial charge in [0.2, 0.25) is 0 Å². The number of hydrogen-bond donors (Lipinski definition) is 2. The highest BCUT2D eigenvalue weighted by Gasteiger charge is 2.14. The molecule has 0 atom stereocenters. The van der Waals surface area contributed by atoms with Gasteiger partial charge in [0.1, 0.15) is 0 Å². The zero-order chi connectivity index (χ0) is 14.7. The molecule has 0 aliphatic heterocycles. The maximum Gasteiger partial charge on any atom is 0.356 e. The van der Waals surface area contributed by atoms with Crippen molar-refractivity contribution in [1.29, 1.82) is 0 Å². The fourth-order valence-electron chi connectivity index (χ4n) is 1.66. The second-order valence-electron chi connectivity index (χ2n) is 4.12. The number of anilines is 1. The number of nitrogens with zero attached hydrogens (tertiary/aromatic N) is 1. The maximum atomic E-state index is 12.1. The summed E-state index contributed by atoms with van der Waals surface area (Å²) < 4.78 is 0.904. The van der Waals surface area contributed by atoms with E-state index in [0.29, 0.717) is 5.56 Å². The van der Waals surface area contributed by atoms with Crippen molar-refractivity contribution >= 4 is 33.5 Å². The Labute approximate surface area is 123 Å². The molecule has 1 aromatic heterocycles. The summed E-state index contributed by atoms with van der Waals surface area (Å²) in [7, 11) is 0. The van der Waals surface area contributed by atoms with Crippen LogP contribution >= 0.6 is 15.9 Å². The lowest BCUT2D eigenvalue weighted by atomic mass is 10.1. The number of carboxylic acid groups (broad SMARTS) is 1. The third-order valence-corrected chi connectivity index (χ3v) is 3.57. The van der Waals surface area contributed by atoms with Crippen LogP contribution in [0.15, 0.2) is 41.0 Å². The molecule has 0 spiro atoms. The highest BCUT2D eigenvalue weighted by atomic mass is 79.9. The van der Waals surface area contributed by atoms with Gasteiger partial charge in [0, 0.05) is 16.2 Å². The minimum atomic E-state index is -1.19. The lowest BCUT2D eigenvalue weighted by Crippen LogP contribution is -2.15. The number of hydrogen-bond acceptors (Lipinski definition) is 3. The number of aromatic carboxylic acids is 1. The summed E-state index contributed by atoms with van der Waals surface area (Å²) in [5.41, 5.74) is 1.36. The lowest BCUT2D eigenvalue weighted by molar-refractivity contribution is 0.0692. The van der Waals surface area contributed by atoms with E-state index in [1.165, 1.54) is 12.3 Å². The van der Waals surface area contributed by atoms with Crippen LogP contribution in [0.3, 0.4) is 0 Å². The summed E-state index contributed by atoms with van der Waals surface area (Å²) in [5, 5.41) is 11.6. The minimum Gasteiger partial charge on any atom is -0.476 e. The molecule has 0 aliphatic carbocycles. The Bertz CT molecular complexity index is 686. The quantitative estimate of drug-likeness (QED) is 0.903. The Balaban J connectivity index is 2.28. The Hall–Kier alpha value is -2.21. The molecule has 0 aliphatic rings. The number of amides is 1. The molecule has 1 heterocycles. The van der Waals surface area contributed by atoms with Crippen molar-refractivity contribution in [3.8, 4) is 0 Å². The van der Waals surface area contributed by atoms with Gasteiger partial charge in [0.25, 0.3) is 5.91 Å². The van der Waals surface area contributed by atoms with Crippen molar-refractivity contribution in [2.24, 2.45) is 0 Å². The number of carbonyl (C=O) groups is 2.